The van der Waals surface area contributed by atoms with Crippen LogP contribution in [0.25, 0.3) is 0 Å². The number of nitriles is 1. The summed E-state index contributed by atoms with van der Waals surface area (Å²) in [6, 6.07) is 4.28. The van der Waals surface area contributed by atoms with Crippen LogP contribution in [0.5, 0.6) is 0 Å². The van der Waals surface area contributed by atoms with Crippen LogP contribution in [0, 0.1) is 34.8 Å². The molecule has 1 N–H and O–H groups in total. The first-order valence-corrected chi connectivity index (χ1v) is 13.2. The molecule has 190 valence electrons. The van der Waals surface area contributed by atoms with Crippen LogP contribution in [-0.2, 0) is 19.8 Å². The van der Waals surface area contributed by atoms with E-state index in [0.717, 1.165) is 6.07 Å². The highest BCUT2D eigenvalue weighted by Gasteiger charge is 2.44. The van der Waals surface area contributed by atoms with E-state index in [1.807, 2.05) is 0 Å². The molecule has 0 radical (unpaired) electrons. The summed E-state index contributed by atoms with van der Waals surface area (Å²) in [5.74, 6) is -3.62. The van der Waals surface area contributed by atoms with E-state index in [2.05, 4.69) is 11.4 Å². The van der Waals surface area contributed by atoms with E-state index < -0.39 is 45.8 Å². The fraction of sp³-hybridized carbons (Fsp3) is 0.609. The monoisotopic (exact) mass is 509 g/mol. The van der Waals surface area contributed by atoms with Crippen LogP contribution in [0.15, 0.2) is 18.2 Å². The molecule has 0 aromatic heterocycles. The summed E-state index contributed by atoms with van der Waals surface area (Å²) in [5.41, 5.74) is 0.0204. The van der Waals surface area contributed by atoms with Gasteiger partial charge in [-0.05, 0) is 38.7 Å². The number of amides is 2. The predicted octanol–water partition coefficient (Wildman–Crippen LogP) is 1.55. The van der Waals surface area contributed by atoms with Gasteiger partial charge in [-0.15, -0.1) is 0 Å². The fourth-order valence-corrected chi connectivity index (χ4v) is 6.80. The lowest BCUT2D eigenvalue weighted by atomic mass is 9.97. The zero-order chi connectivity index (χ0) is 25.3. The summed E-state index contributed by atoms with van der Waals surface area (Å²) >= 11 is 0. The molecule has 3 fully saturated rings. The van der Waals surface area contributed by atoms with Gasteiger partial charge in [0, 0.05) is 38.3 Å². The van der Waals surface area contributed by atoms with Gasteiger partial charge >= 0.3 is 0 Å². The molecule has 9 nitrogen and oxygen atoms in total. The second-order valence-corrected chi connectivity index (χ2v) is 11.3. The normalized spacial score (nSPS) is 25.0. The molecule has 0 aliphatic carbocycles. The van der Waals surface area contributed by atoms with E-state index in [-0.39, 0.29) is 37.0 Å². The van der Waals surface area contributed by atoms with Crippen LogP contribution < -0.4 is 5.32 Å². The number of carbonyl (C=O) groups is 2. The number of nitrogens with zero attached hydrogens (tertiary/aromatic N) is 4. The quantitative estimate of drug-likeness (QED) is 0.625. The second-order valence-electron chi connectivity index (χ2n) is 9.41. The van der Waals surface area contributed by atoms with Crippen molar-refractivity contribution in [3.63, 3.8) is 0 Å². The molecule has 12 heteroatoms. The molecule has 0 bridgehead atoms. The number of benzene rings is 1. The lowest BCUT2D eigenvalue weighted by molar-refractivity contribution is -0.142. The van der Waals surface area contributed by atoms with Crippen molar-refractivity contribution in [1.82, 2.24) is 18.8 Å². The largest absolute Gasteiger partial charge is 0.348 e. The zero-order valence-corrected chi connectivity index (χ0v) is 20.3. The van der Waals surface area contributed by atoms with Gasteiger partial charge in [0.15, 0.2) is 11.6 Å². The Labute approximate surface area is 203 Å². The van der Waals surface area contributed by atoms with Gasteiger partial charge in [-0.2, -0.15) is 22.3 Å². The molecule has 35 heavy (non-hydrogen) atoms. The molecule has 3 saturated heterocycles. The third-order valence-electron chi connectivity index (χ3n) is 7.06. The standard InChI is InChI=1S/C23H29F2N5O4S/c1-15(18-6-2-7-19(24)21(18)25)27-22(31)20-8-4-10-30(20)23(32)17-5-3-9-28(14-17)35(33,34)29-12-16(11-26)13-29/h2,6-7,15-17,20H,3-5,8-10,12-14H2,1H3,(H,27,31)/t15?,17-,20+/m0/s1. The van der Waals surface area contributed by atoms with Gasteiger partial charge in [0.05, 0.1) is 23.9 Å². The van der Waals surface area contributed by atoms with Gasteiger partial charge in [0.2, 0.25) is 11.8 Å². The average Bonchev–Trinajstić information content (AvgIpc) is 3.29. The van der Waals surface area contributed by atoms with E-state index >= 15 is 0 Å². The molecule has 4 rings (SSSR count). The van der Waals surface area contributed by atoms with Crippen LogP contribution in [0.4, 0.5) is 8.78 Å². The molecule has 0 spiro atoms. The van der Waals surface area contributed by atoms with Crippen molar-refractivity contribution in [3.8, 4) is 6.07 Å². The van der Waals surface area contributed by atoms with Gasteiger partial charge in [-0.1, -0.05) is 12.1 Å². The van der Waals surface area contributed by atoms with Crippen LogP contribution >= 0.6 is 0 Å². The lowest BCUT2D eigenvalue weighted by Gasteiger charge is -2.41. The van der Waals surface area contributed by atoms with Crippen molar-refractivity contribution in [2.75, 3.05) is 32.7 Å². The Morgan fingerprint density at radius 2 is 1.83 bits per heavy atom. The van der Waals surface area contributed by atoms with E-state index in [1.165, 1.54) is 25.6 Å². The number of halogens is 2. The summed E-state index contributed by atoms with van der Waals surface area (Å²) in [5, 5.41) is 11.6. The summed E-state index contributed by atoms with van der Waals surface area (Å²) < 4.78 is 56.0. The first kappa shape index (κ1) is 25.5. The number of piperidine rings is 1. The van der Waals surface area contributed by atoms with Crippen LogP contribution in [-0.4, -0.2) is 72.5 Å². The molecule has 1 unspecified atom stereocenters. The highest BCUT2D eigenvalue weighted by molar-refractivity contribution is 7.86. The Hall–Kier alpha value is -2.62. The minimum atomic E-state index is -3.74. The van der Waals surface area contributed by atoms with Crippen LogP contribution in [0.3, 0.4) is 0 Å². The van der Waals surface area contributed by atoms with E-state index in [1.54, 1.807) is 6.92 Å². The summed E-state index contributed by atoms with van der Waals surface area (Å²) in [6.45, 7) is 2.58. The van der Waals surface area contributed by atoms with Gasteiger partial charge in [0.25, 0.3) is 10.2 Å². The van der Waals surface area contributed by atoms with Crippen molar-refractivity contribution in [1.29, 1.82) is 5.26 Å². The second kappa shape index (κ2) is 10.2. The molecular formula is C23H29F2N5O4S. The van der Waals surface area contributed by atoms with Crippen LogP contribution in [0.1, 0.15) is 44.2 Å². The maximum absolute atomic E-state index is 14.1. The van der Waals surface area contributed by atoms with Gasteiger partial charge < -0.3 is 10.2 Å². The lowest BCUT2D eigenvalue weighted by Crippen LogP contribution is -2.57. The molecule has 3 aliphatic rings. The third kappa shape index (κ3) is 5.03. The maximum Gasteiger partial charge on any atom is 0.282 e. The van der Waals surface area contributed by atoms with Crippen molar-refractivity contribution in [2.45, 2.75) is 44.7 Å². The van der Waals surface area contributed by atoms with Crippen molar-refractivity contribution < 1.29 is 26.8 Å². The third-order valence-corrected chi connectivity index (χ3v) is 9.00. The first-order valence-electron chi connectivity index (χ1n) is 11.8. The van der Waals surface area contributed by atoms with E-state index in [0.29, 0.717) is 38.8 Å². The molecular weight excluding hydrogens is 480 g/mol. The summed E-state index contributed by atoms with van der Waals surface area (Å²) in [4.78, 5) is 27.8. The Kier molecular flexibility index (Phi) is 7.40. The Bertz CT molecular complexity index is 1140. The van der Waals surface area contributed by atoms with E-state index in [4.69, 9.17) is 5.26 Å². The number of hydrogen-bond donors (Lipinski definition) is 1. The van der Waals surface area contributed by atoms with Gasteiger partial charge in [-0.25, -0.2) is 8.78 Å². The van der Waals surface area contributed by atoms with Crippen molar-refractivity contribution in [3.05, 3.63) is 35.4 Å². The minimum absolute atomic E-state index is 0.0204. The number of likely N-dealkylation sites (tertiary alicyclic amines) is 1. The smallest absolute Gasteiger partial charge is 0.282 e. The first-order chi connectivity index (χ1) is 16.6. The van der Waals surface area contributed by atoms with E-state index in [9.17, 15) is 26.8 Å². The van der Waals surface area contributed by atoms with Gasteiger partial charge in [-0.3, -0.25) is 9.59 Å². The zero-order valence-electron chi connectivity index (χ0n) is 19.5. The number of nitrogens with one attached hydrogen (secondary N) is 1. The molecule has 1 aromatic rings. The average molecular weight is 510 g/mol. The number of rotatable bonds is 6. The van der Waals surface area contributed by atoms with Gasteiger partial charge in [0.1, 0.15) is 6.04 Å². The minimum Gasteiger partial charge on any atom is -0.348 e. The van der Waals surface area contributed by atoms with Crippen molar-refractivity contribution >= 4 is 22.0 Å². The molecule has 3 aliphatic heterocycles. The fourth-order valence-electron chi connectivity index (χ4n) is 5.00. The topological polar surface area (TPSA) is 114 Å². The highest BCUT2D eigenvalue weighted by Crippen LogP contribution is 2.29. The molecule has 1 aromatic carbocycles. The summed E-state index contributed by atoms with van der Waals surface area (Å²) in [6.07, 6.45) is 2.09. The predicted molar refractivity (Wildman–Crippen MR) is 122 cm³/mol. The number of hydrogen-bond acceptors (Lipinski definition) is 5. The Morgan fingerprint density at radius 3 is 2.54 bits per heavy atom. The number of carbonyl (C=O) groups excluding carboxylic acids is 2. The molecule has 3 atom stereocenters. The molecule has 3 heterocycles. The maximum atomic E-state index is 14.1. The Balaban J connectivity index is 1.40. The SMILES string of the molecule is CC(NC(=O)[C@H]1CCCN1C(=O)[C@H]1CCCN(S(=O)(=O)N2CC(C#N)C2)C1)c1cccc(F)c1F. The molecule has 2 amide bonds. The Morgan fingerprint density at radius 1 is 1.11 bits per heavy atom. The van der Waals surface area contributed by atoms with Crippen molar-refractivity contribution in [2.24, 2.45) is 11.8 Å². The summed E-state index contributed by atoms with van der Waals surface area (Å²) in [7, 11) is -3.74. The van der Waals surface area contributed by atoms with Crippen LogP contribution in [0.2, 0.25) is 0 Å². The molecule has 0 saturated carbocycles. The highest BCUT2D eigenvalue weighted by atomic mass is 32.2.